The molecule has 2 N–H and O–H groups in total. The Morgan fingerprint density at radius 3 is 2.85 bits per heavy atom. The van der Waals surface area contributed by atoms with Crippen LogP contribution in [0.4, 0.5) is 4.79 Å². The van der Waals surface area contributed by atoms with Crippen LogP contribution >= 0.6 is 15.9 Å². The zero-order valence-corrected chi connectivity index (χ0v) is 13.4. The van der Waals surface area contributed by atoms with E-state index in [1.165, 1.54) is 0 Å². The second-order valence-corrected chi connectivity index (χ2v) is 5.38. The van der Waals surface area contributed by atoms with E-state index in [0.717, 1.165) is 16.5 Å². The minimum Gasteiger partial charge on any atom is -0.379 e. The monoisotopic (exact) mass is 340 g/mol. The predicted octanol–water partition coefficient (Wildman–Crippen LogP) is 3.53. The summed E-state index contributed by atoms with van der Waals surface area (Å²) in [7, 11) is 0. The highest BCUT2D eigenvalue weighted by Gasteiger charge is 1.98. The summed E-state index contributed by atoms with van der Waals surface area (Å²) < 4.78 is 6.37. The molecule has 0 saturated heterocycles. The van der Waals surface area contributed by atoms with E-state index in [0.29, 0.717) is 13.2 Å². The summed E-state index contributed by atoms with van der Waals surface area (Å²) in [5, 5.41) is 5.43. The molecule has 0 aromatic heterocycles. The third-order valence-corrected chi connectivity index (χ3v) is 3.16. The summed E-state index contributed by atoms with van der Waals surface area (Å²) in [6, 6.07) is 7.59. The van der Waals surface area contributed by atoms with Gasteiger partial charge in [-0.2, -0.15) is 0 Å². The maximum absolute atomic E-state index is 11.5. The number of halogens is 1. The quantitative estimate of drug-likeness (QED) is 0.746. The molecular formula is C15H21BrN2O2. The maximum Gasteiger partial charge on any atom is 0.318 e. The van der Waals surface area contributed by atoms with Gasteiger partial charge in [0, 0.05) is 23.8 Å². The summed E-state index contributed by atoms with van der Waals surface area (Å²) >= 11 is 3.44. The molecule has 0 bridgehead atoms. The Morgan fingerprint density at radius 1 is 1.40 bits per heavy atom. The van der Waals surface area contributed by atoms with Gasteiger partial charge in [-0.25, -0.2) is 4.79 Å². The Hall–Kier alpha value is -1.33. The number of urea groups is 1. The molecule has 0 aliphatic carbocycles. The Kier molecular flexibility index (Phi) is 7.99. The number of rotatable bonds is 7. The van der Waals surface area contributed by atoms with Crippen LogP contribution in [0, 0.1) is 0 Å². The molecule has 2 amide bonds. The van der Waals surface area contributed by atoms with Gasteiger partial charge < -0.3 is 15.4 Å². The summed E-state index contributed by atoms with van der Waals surface area (Å²) in [4.78, 5) is 11.5. The number of ether oxygens (including phenoxy) is 1. The number of nitrogens with one attached hydrogen (secondary N) is 2. The molecular weight excluding hydrogens is 320 g/mol. The van der Waals surface area contributed by atoms with Gasteiger partial charge in [0.05, 0.1) is 6.10 Å². The third-order valence-electron chi connectivity index (χ3n) is 2.44. The van der Waals surface area contributed by atoms with E-state index in [4.69, 9.17) is 4.74 Å². The number of carbonyl (C=O) groups is 1. The largest absolute Gasteiger partial charge is 0.379 e. The van der Waals surface area contributed by atoms with E-state index in [-0.39, 0.29) is 12.1 Å². The fraction of sp³-hybridized carbons (Fsp3) is 0.400. The first-order chi connectivity index (χ1) is 9.59. The molecule has 1 aromatic carbocycles. The summed E-state index contributed by atoms with van der Waals surface area (Å²) in [6.45, 7) is 5.24. The second kappa shape index (κ2) is 9.55. The molecule has 0 heterocycles. The SMILES string of the molecule is CC(C)OCCCNC(=O)N/C=C/c1ccccc1Br. The molecule has 4 nitrogen and oxygen atoms in total. The zero-order valence-electron chi connectivity index (χ0n) is 11.9. The highest BCUT2D eigenvalue weighted by Crippen LogP contribution is 2.16. The Morgan fingerprint density at radius 2 is 2.15 bits per heavy atom. The van der Waals surface area contributed by atoms with Gasteiger partial charge in [0.15, 0.2) is 0 Å². The van der Waals surface area contributed by atoms with Gasteiger partial charge in [-0.1, -0.05) is 34.1 Å². The fourth-order valence-electron chi connectivity index (χ4n) is 1.46. The van der Waals surface area contributed by atoms with Gasteiger partial charge in [0.25, 0.3) is 0 Å². The molecule has 110 valence electrons. The van der Waals surface area contributed by atoms with Crippen LogP contribution in [0.15, 0.2) is 34.9 Å². The van der Waals surface area contributed by atoms with Crippen LogP contribution in [0.5, 0.6) is 0 Å². The first-order valence-electron chi connectivity index (χ1n) is 6.66. The lowest BCUT2D eigenvalue weighted by atomic mass is 10.2. The van der Waals surface area contributed by atoms with E-state index < -0.39 is 0 Å². The highest BCUT2D eigenvalue weighted by atomic mass is 79.9. The van der Waals surface area contributed by atoms with Crippen molar-refractivity contribution < 1.29 is 9.53 Å². The number of carbonyl (C=O) groups excluding carboxylic acids is 1. The van der Waals surface area contributed by atoms with Gasteiger partial charge >= 0.3 is 6.03 Å². The van der Waals surface area contributed by atoms with Crippen molar-refractivity contribution in [3.05, 3.63) is 40.5 Å². The lowest BCUT2D eigenvalue weighted by Crippen LogP contribution is -2.33. The molecule has 0 spiro atoms. The molecule has 0 atom stereocenters. The van der Waals surface area contributed by atoms with Gasteiger partial charge in [-0.05, 0) is 38.0 Å². The predicted molar refractivity (Wildman–Crippen MR) is 85.4 cm³/mol. The van der Waals surface area contributed by atoms with Crippen molar-refractivity contribution in [3.8, 4) is 0 Å². The molecule has 0 saturated carbocycles. The van der Waals surface area contributed by atoms with Gasteiger partial charge in [-0.15, -0.1) is 0 Å². The van der Waals surface area contributed by atoms with Gasteiger partial charge in [0.2, 0.25) is 0 Å². The molecule has 20 heavy (non-hydrogen) atoms. The summed E-state index contributed by atoms with van der Waals surface area (Å²) in [6.07, 6.45) is 4.50. The van der Waals surface area contributed by atoms with Crippen molar-refractivity contribution in [1.29, 1.82) is 0 Å². The molecule has 0 fully saturated rings. The average molecular weight is 341 g/mol. The van der Waals surface area contributed by atoms with Crippen LogP contribution in [-0.4, -0.2) is 25.3 Å². The third kappa shape index (κ3) is 7.31. The molecule has 1 rings (SSSR count). The smallest absolute Gasteiger partial charge is 0.318 e. The minimum atomic E-state index is -0.210. The van der Waals surface area contributed by atoms with E-state index in [1.807, 2.05) is 44.2 Å². The van der Waals surface area contributed by atoms with Crippen LogP contribution in [0.25, 0.3) is 6.08 Å². The summed E-state index contributed by atoms with van der Waals surface area (Å²) in [5.41, 5.74) is 1.01. The van der Waals surface area contributed by atoms with Crippen molar-refractivity contribution in [2.45, 2.75) is 26.4 Å². The summed E-state index contributed by atoms with van der Waals surface area (Å²) in [5.74, 6) is 0. The van der Waals surface area contributed by atoms with Crippen LogP contribution in [0.1, 0.15) is 25.8 Å². The van der Waals surface area contributed by atoms with Crippen molar-refractivity contribution >= 4 is 28.0 Å². The molecule has 1 aromatic rings. The van der Waals surface area contributed by atoms with Crippen molar-refractivity contribution in [2.75, 3.05) is 13.2 Å². The Bertz CT molecular complexity index is 447. The molecule has 0 aliphatic heterocycles. The van der Waals surface area contributed by atoms with Gasteiger partial charge in [0.1, 0.15) is 0 Å². The van der Waals surface area contributed by atoms with Crippen molar-refractivity contribution in [3.63, 3.8) is 0 Å². The molecule has 0 unspecified atom stereocenters. The number of hydrogen-bond donors (Lipinski definition) is 2. The van der Waals surface area contributed by atoms with E-state index in [1.54, 1.807) is 6.20 Å². The lowest BCUT2D eigenvalue weighted by molar-refractivity contribution is 0.0774. The van der Waals surface area contributed by atoms with Crippen LogP contribution in [0.2, 0.25) is 0 Å². The van der Waals surface area contributed by atoms with E-state index in [9.17, 15) is 4.79 Å². The zero-order chi connectivity index (χ0) is 14.8. The lowest BCUT2D eigenvalue weighted by Gasteiger charge is -2.08. The maximum atomic E-state index is 11.5. The topological polar surface area (TPSA) is 50.4 Å². The average Bonchev–Trinajstić information content (AvgIpc) is 2.40. The second-order valence-electron chi connectivity index (χ2n) is 4.53. The van der Waals surface area contributed by atoms with E-state index in [2.05, 4.69) is 26.6 Å². The van der Waals surface area contributed by atoms with Crippen LogP contribution < -0.4 is 10.6 Å². The number of amides is 2. The van der Waals surface area contributed by atoms with E-state index >= 15 is 0 Å². The Labute approximate surface area is 128 Å². The molecule has 0 radical (unpaired) electrons. The standard InChI is InChI=1S/C15H21BrN2O2/c1-12(2)20-11-5-9-17-15(19)18-10-8-13-6-3-4-7-14(13)16/h3-4,6-8,10,12H,5,9,11H2,1-2H3,(H2,17,18,19)/b10-8+. The first-order valence-corrected chi connectivity index (χ1v) is 7.46. The van der Waals surface area contributed by atoms with Crippen LogP contribution in [-0.2, 0) is 4.74 Å². The minimum absolute atomic E-state index is 0.210. The van der Waals surface area contributed by atoms with Crippen molar-refractivity contribution in [1.82, 2.24) is 10.6 Å². The fourth-order valence-corrected chi connectivity index (χ4v) is 1.88. The molecule has 0 aliphatic rings. The number of benzene rings is 1. The normalized spacial score (nSPS) is 11.0. The highest BCUT2D eigenvalue weighted by molar-refractivity contribution is 9.10. The van der Waals surface area contributed by atoms with Crippen LogP contribution in [0.3, 0.4) is 0 Å². The van der Waals surface area contributed by atoms with Gasteiger partial charge in [-0.3, -0.25) is 0 Å². The first kappa shape index (κ1) is 16.7. The number of hydrogen-bond acceptors (Lipinski definition) is 2. The molecule has 5 heteroatoms. The Balaban J connectivity index is 2.18. The van der Waals surface area contributed by atoms with Crippen molar-refractivity contribution in [2.24, 2.45) is 0 Å².